The molecule has 1 atom stereocenters. The van der Waals surface area contributed by atoms with Crippen LogP contribution in [0.5, 0.6) is 0 Å². The van der Waals surface area contributed by atoms with Crippen LogP contribution in [-0.4, -0.2) is 22.8 Å². The zero-order valence-corrected chi connectivity index (χ0v) is 13.7. The Bertz CT molecular complexity index is 743. The summed E-state index contributed by atoms with van der Waals surface area (Å²) in [7, 11) is 0. The Kier molecular flexibility index (Phi) is 4.07. The number of benzene rings is 1. The van der Waals surface area contributed by atoms with E-state index < -0.39 is 5.97 Å². The van der Waals surface area contributed by atoms with Gasteiger partial charge in [-0.1, -0.05) is 30.3 Å². The van der Waals surface area contributed by atoms with E-state index in [1.54, 1.807) is 0 Å². The molecule has 120 valence electrons. The molecule has 0 saturated heterocycles. The number of esters is 1. The van der Waals surface area contributed by atoms with Crippen molar-refractivity contribution in [3.63, 3.8) is 0 Å². The van der Waals surface area contributed by atoms with Gasteiger partial charge in [-0.3, -0.25) is 4.79 Å². The average Bonchev–Trinajstić information content (AvgIpc) is 2.85. The number of fused-ring (bicyclic) bond motifs is 1. The Morgan fingerprint density at radius 1 is 1.22 bits per heavy atom. The standard InChI is InChI=1S/C19H21NO3/c1-11(2)23-19(22)18-12(3)17-15(20-18)9-14(10-16(17)21)13-7-5-4-6-8-13/h4-8,11,14,20H,9-10H2,1-3H3/t14-/m1/s1. The minimum atomic E-state index is -0.393. The topological polar surface area (TPSA) is 59.2 Å². The second-order valence-electron chi connectivity index (χ2n) is 6.37. The summed E-state index contributed by atoms with van der Waals surface area (Å²) >= 11 is 0. The molecule has 0 saturated carbocycles. The first-order valence-corrected chi connectivity index (χ1v) is 7.98. The lowest BCUT2D eigenvalue weighted by Gasteiger charge is -2.22. The molecular formula is C19H21NO3. The number of hydrogen-bond donors (Lipinski definition) is 1. The number of aromatic nitrogens is 1. The molecule has 0 fully saturated rings. The fourth-order valence-corrected chi connectivity index (χ4v) is 3.27. The molecule has 0 bridgehead atoms. The van der Waals surface area contributed by atoms with Crippen LogP contribution in [0.1, 0.15) is 63.9 Å². The van der Waals surface area contributed by atoms with Crippen LogP contribution >= 0.6 is 0 Å². The third-order valence-corrected chi connectivity index (χ3v) is 4.31. The van der Waals surface area contributed by atoms with Crippen molar-refractivity contribution >= 4 is 11.8 Å². The summed E-state index contributed by atoms with van der Waals surface area (Å²) < 4.78 is 5.26. The van der Waals surface area contributed by atoms with Gasteiger partial charge in [0.1, 0.15) is 5.69 Å². The number of rotatable bonds is 3. The number of Topliss-reactive ketones (excluding diaryl/α,β-unsaturated/α-hetero) is 1. The lowest BCUT2D eigenvalue weighted by molar-refractivity contribution is 0.0370. The predicted molar refractivity (Wildman–Crippen MR) is 87.9 cm³/mol. The van der Waals surface area contributed by atoms with Crippen LogP contribution in [0.15, 0.2) is 30.3 Å². The van der Waals surface area contributed by atoms with Gasteiger partial charge in [-0.25, -0.2) is 4.79 Å². The molecule has 4 nitrogen and oxygen atoms in total. The van der Waals surface area contributed by atoms with Crippen LogP contribution in [0.2, 0.25) is 0 Å². The highest BCUT2D eigenvalue weighted by molar-refractivity contribution is 6.03. The summed E-state index contributed by atoms with van der Waals surface area (Å²) in [4.78, 5) is 27.9. The summed E-state index contributed by atoms with van der Waals surface area (Å²) in [5.41, 5.74) is 3.80. The van der Waals surface area contributed by atoms with Gasteiger partial charge in [-0.05, 0) is 44.2 Å². The highest BCUT2D eigenvalue weighted by atomic mass is 16.5. The van der Waals surface area contributed by atoms with E-state index in [-0.39, 0.29) is 17.8 Å². The van der Waals surface area contributed by atoms with Crippen molar-refractivity contribution in [3.8, 4) is 0 Å². The molecule has 3 rings (SSSR count). The summed E-state index contributed by atoms with van der Waals surface area (Å²) in [6, 6.07) is 10.0. The second kappa shape index (κ2) is 6.03. The molecule has 1 aromatic heterocycles. The molecule has 0 amide bonds. The molecule has 1 heterocycles. The van der Waals surface area contributed by atoms with Crippen LogP contribution in [-0.2, 0) is 11.2 Å². The summed E-state index contributed by atoms with van der Waals surface area (Å²) in [5.74, 6) is -0.142. The quantitative estimate of drug-likeness (QED) is 0.877. The van der Waals surface area contributed by atoms with Crippen molar-refractivity contribution in [2.75, 3.05) is 0 Å². The molecule has 1 aliphatic rings. The highest BCUT2D eigenvalue weighted by Crippen LogP contribution is 2.35. The van der Waals surface area contributed by atoms with Crippen LogP contribution in [0.25, 0.3) is 0 Å². The lowest BCUT2D eigenvalue weighted by atomic mass is 9.81. The molecule has 23 heavy (non-hydrogen) atoms. The van der Waals surface area contributed by atoms with Crippen LogP contribution in [0.3, 0.4) is 0 Å². The van der Waals surface area contributed by atoms with Gasteiger partial charge >= 0.3 is 5.97 Å². The Morgan fingerprint density at radius 3 is 2.57 bits per heavy atom. The van der Waals surface area contributed by atoms with E-state index in [0.29, 0.717) is 23.2 Å². The summed E-state index contributed by atoms with van der Waals surface area (Å²) in [6.07, 6.45) is 1.03. The van der Waals surface area contributed by atoms with E-state index >= 15 is 0 Å². The van der Waals surface area contributed by atoms with Gasteiger partial charge in [-0.2, -0.15) is 0 Å². The minimum absolute atomic E-state index is 0.0949. The maximum absolute atomic E-state index is 12.6. The number of ketones is 1. The van der Waals surface area contributed by atoms with E-state index in [9.17, 15) is 9.59 Å². The Balaban J connectivity index is 1.93. The van der Waals surface area contributed by atoms with E-state index in [0.717, 1.165) is 17.7 Å². The molecule has 1 N–H and O–H groups in total. The van der Waals surface area contributed by atoms with Crippen molar-refractivity contribution in [1.82, 2.24) is 4.98 Å². The number of nitrogens with one attached hydrogen (secondary N) is 1. The Morgan fingerprint density at radius 2 is 1.91 bits per heavy atom. The van der Waals surface area contributed by atoms with Crippen LogP contribution in [0, 0.1) is 6.92 Å². The first-order valence-electron chi connectivity index (χ1n) is 7.98. The summed E-state index contributed by atoms with van der Waals surface area (Å²) in [5, 5.41) is 0. The molecule has 0 spiro atoms. The van der Waals surface area contributed by atoms with Gasteiger partial charge in [0.15, 0.2) is 5.78 Å². The van der Waals surface area contributed by atoms with Gasteiger partial charge in [0.2, 0.25) is 0 Å². The molecule has 4 heteroatoms. The molecule has 1 aromatic carbocycles. The van der Waals surface area contributed by atoms with E-state index in [4.69, 9.17) is 4.74 Å². The number of carbonyl (C=O) groups is 2. The normalized spacial score (nSPS) is 17.2. The first kappa shape index (κ1) is 15.5. The molecule has 1 aliphatic carbocycles. The predicted octanol–water partition coefficient (Wildman–Crippen LogP) is 3.80. The molecule has 2 aromatic rings. The number of ether oxygens (including phenoxy) is 1. The van der Waals surface area contributed by atoms with Gasteiger partial charge in [0, 0.05) is 17.7 Å². The molecule has 0 unspecified atom stereocenters. The largest absolute Gasteiger partial charge is 0.458 e. The Hall–Kier alpha value is -2.36. The summed E-state index contributed by atoms with van der Waals surface area (Å²) in [6.45, 7) is 5.44. The lowest BCUT2D eigenvalue weighted by Crippen LogP contribution is -2.18. The monoisotopic (exact) mass is 311 g/mol. The SMILES string of the molecule is Cc1c(C(=O)OC(C)C)[nH]c2c1C(=O)C[C@H](c1ccccc1)C2. The molecule has 0 aliphatic heterocycles. The number of hydrogen-bond acceptors (Lipinski definition) is 3. The first-order chi connectivity index (χ1) is 11.0. The third kappa shape index (κ3) is 2.93. The fourth-order valence-electron chi connectivity index (χ4n) is 3.27. The van der Waals surface area contributed by atoms with E-state index in [1.165, 1.54) is 0 Å². The van der Waals surface area contributed by atoms with Gasteiger partial charge in [0.25, 0.3) is 0 Å². The maximum atomic E-state index is 12.6. The maximum Gasteiger partial charge on any atom is 0.355 e. The minimum Gasteiger partial charge on any atom is -0.458 e. The van der Waals surface area contributed by atoms with E-state index in [2.05, 4.69) is 4.98 Å². The van der Waals surface area contributed by atoms with Crippen molar-refractivity contribution in [2.24, 2.45) is 0 Å². The molecule has 0 radical (unpaired) electrons. The van der Waals surface area contributed by atoms with Crippen molar-refractivity contribution < 1.29 is 14.3 Å². The molecular weight excluding hydrogens is 290 g/mol. The highest BCUT2D eigenvalue weighted by Gasteiger charge is 2.32. The fraction of sp³-hybridized carbons (Fsp3) is 0.368. The average molecular weight is 311 g/mol. The van der Waals surface area contributed by atoms with Crippen molar-refractivity contribution in [2.45, 2.75) is 45.6 Å². The van der Waals surface area contributed by atoms with Gasteiger partial charge in [0.05, 0.1) is 6.10 Å². The van der Waals surface area contributed by atoms with E-state index in [1.807, 2.05) is 51.1 Å². The van der Waals surface area contributed by atoms with Crippen LogP contribution in [0.4, 0.5) is 0 Å². The number of carbonyl (C=O) groups excluding carboxylic acids is 2. The zero-order chi connectivity index (χ0) is 16.6. The van der Waals surface area contributed by atoms with Gasteiger partial charge in [-0.15, -0.1) is 0 Å². The van der Waals surface area contributed by atoms with Crippen molar-refractivity contribution in [3.05, 3.63) is 58.4 Å². The number of H-pyrrole nitrogens is 1. The second-order valence-corrected chi connectivity index (χ2v) is 6.37. The van der Waals surface area contributed by atoms with Crippen LogP contribution < -0.4 is 0 Å². The zero-order valence-electron chi connectivity index (χ0n) is 13.7. The third-order valence-electron chi connectivity index (χ3n) is 4.31. The Labute approximate surface area is 135 Å². The smallest absolute Gasteiger partial charge is 0.355 e. The van der Waals surface area contributed by atoms with Gasteiger partial charge < -0.3 is 9.72 Å². The van der Waals surface area contributed by atoms with Crippen molar-refractivity contribution in [1.29, 1.82) is 0 Å². The number of aromatic amines is 1.